The molecule has 0 spiro atoms. The summed E-state index contributed by atoms with van der Waals surface area (Å²) in [5, 5.41) is 3.98. The molecule has 0 unspecified atom stereocenters. The zero-order valence-electron chi connectivity index (χ0n) is 12.8. The molecule has 6 nitrogen and oxygen atoms in total. The van der Waals surface area contributed by atoms with Crippen LogP contribution in [0.5, 0.6) is 0 Å². The Morgan fingerprint density at radius 2 is 2.20 bits per heavy atom. The van der Waals surface area contributed by atoms with Gasteiger partial charge in [-0.05, 0) is 13.3 Å². The quantitative estimate of drug-likeness (QED) is 0.703. The lowest BCUT2D eigenvalue weighted by atomic mass is 10.1. The predicted octanol–water partition coefficient (Wildman–Crippen LogP) is 1.31. The average molecular weight is 282 g/mol. The molecule has 0 saturated carbocycles. The monoisotopic (exact) mass is 282 g/mol. The summed E-state index contributed by atoms with van der Waals surface area (Å²) in [7, 11) is 0. The van der Waals surface area contributed by atoms with Crippen LogP contribution in [0.25, 0.3) is 0 Å². The molecule has 2 rings (SSSR count). The highest BCUT2D eigenvalue weighted by Gasteiger charge is 2.26. The molecular weight excluding hydrogens is 256 g/mol. The minimum Gasteiger partial charge on any atom is -0.380 e. The van der Waals surface area contributed by atoms with E-state index in [-0.39, 0.29) is 0 Å². The van der Waals surface area contributed by atoms with Crippen molar-refractivity contribution >= 4 is 0 Å². The fourth-order valence-corrected chi connectivity index (χ4v) is 2.71. The van der Waals surface area contributed by atoms with Crippen molar-refractivity contribution in [2.24, 2.45) is 0 Å². The molecule has 0 aliphatic carbocycles. The third-order valence-electron chi connectivity index (χ3n) is 3.82. The van der Waals surface area contributed by atoms with Gasteiger partial charge in [0.25, 0.3) is 0 Å². The molecule has 1 fully saturated rings. The molecule has 0 bridgehead atoms. The Kier molecular flexibility index (Phi) is 5.94. The van der Waals surface area contributed by atoms with Crippen molar-refractivity contribution in [3.05, 3.63) is 11.7 Å². The lowest BCUT2D eigenvalue weighted by molar-refractivity contribution is 0.0374. The molecule has 0 aromatic carbocycles. The van der Waals surface area contributed by atoms with Crippen LogP contribution in [0.3, 0.4) is 0 Å². The van der Waals surface area contributed by atoms with Crippen LogP contribution in [0.4, 0.5) is 0 Å². The third kappa shape index (κ3) is 4.26. The summed E-state index contributed by atoms with van der Waals surface area (Å²) >= 11 is 0. The number of rotatable bonds is 7. The summed E-state index contributed by atoms with van der Waals surface area (Å²) < 4.78 is 10.5. The van der Waals surface area contributed by atoms with Crippen molar-refractivity contribution in [3.8, 4) is 0 Å². The maximum atomic E-state index is 5.47. The van der Waals surface area contributed by atoms with E-state index in [1.54, 1.807) is 0 Å². The van der Waals surface area contributed by atoms with E-state index in [0.717, 1.165) is 58.2 Å². The summed E-state index contributed by atoms with van der Waals surface area (Å²) in [5.41, 5.74) is 0. The highest BCUT2D eigenvalue weighted by molar-refractivity contribution is 4.88. The number of aryl methyl sites for hydroxylation is 1. The summed E-state index contributed by atoms with van der Waals surface area (Å²) in [4.78, 5) is 9.23. The van der Waals surface area contributed by atoms with Crippen molar-refractivity contribution in [2.75, 3.05) is 39.4 Å². The molecule has 0 amide bonds. The number of ether oxygens (including phenoxy) is 1. The molecule has 114 valence electrons. The van der Waals surface area contributed by atoms with Gasteiger partial charge in [-0.3, -0.25) is 9.80 Å². The van der Waals surface area contributed by atoms with E-state index < -0.39 is 0 Å². The van der Waals surface area contributed by atoms with Crippen molar-refractivity contribution in [1.82, 2.24) is 19.9 Å². The average Bonchev–Trinajstić information content (AvgIpc) is 2.85. The minimum absolute atomic E-state index is 0.595. The second-order valence-electron chi connectivity index (χ2n) is 5.26. The minimum atomic E-state index is 0.595. The zero-order chi connectivity index (χ0) is 14.4. The topological polar surface area (TPSA) is 54.6 Å². The molecule has 1 aliphatic rings. The molecule has 1 saturated heterocycles. The fourth-order valence-electron chi connectivity index (χ4n) is 2.71. The van der Waals surface area contributed by atoms with Gasteiger partial charge in [-0.15, -0.1) is 0 Å². The second kappa shape index (κ2) is 7.71. The first-order chi connectivity index (χ1) is 9.72. The first kappa shape index (κ1) is 15.4. The van der Waals surface area contributed by atoms with Gasteiger partial charge in [-0.2, -0.15) is 4.98 Å². The van der Waals surface area contributed by atoms with E-state index in [0.29, 0.717) is 11.9 Å². The van der Waals surface area contributed by atoms with Gasteiger partial charge in [0.2, 0.25) is 5.89 Å². The van der Waals surface area contributed by atoms with Crippen LogP contribution in [0.2, 0.25) is 0 Å². The van der Waals surface area contributed by atoms with Crippen LogP contribution < -0.4 is 0 Å². The van der Waals surface area contributed by atoms with Gasteiger partial charge < -0.3 is 9.26 Å². The Hall–Kier alpha value is -0.980. The van der Waals surface area contributed by atoms with Gasteiger partial charge in [0.05, 0.1) is 13.2 Å². The fraction of sp³-hybridized carbons (Fsp3) is 0.857. The van der Waals surface area contributed by atoms with E-state index in [1.165, 1.54) is 0 Å². The van der Waals surface area contributed by atoms with Crippen LogP contribution >= 0.6 is 0 Å². The smallest absolute Gasteiger partial charge is 0.223 e. The van der Waals surface area contributed by atoms with Gasteiger partial charge in [0.15, 0.2) is 5.82 Å². The lowest BCUT2D eigenvalue weighted by Crippen LogP contribution is -2.53. The van der Waals surface area contributed by atoms with Gasteiger partial charge in [0.1, 0.15) is 0 Å². The Bertz CT molecular complexity index is 396. The van der Waals surface area contributed by atoms with Crippen LogP contribution in [0, 0.1) is 6.92 Å². The third-order valence-corrected chi connectivity index (χ3v) is 3.82. The van der Waals surface area contributed by atoms with Crippen LogP contribution in [-0.4, -0.2) is 65.4 Å². The van der Waals surface area contributed by atoms with Gasteiger partial charge in [-0.1, -0.05) is 12.1 Å². The maximum absolute atomic E-state index is 5.47. The number of aromatic nitrogens is 2. The Morgan fingerprint density at radius 1 is 1.35 bits per heavy atom. The molecule has 20 heavy (non-hydrogen) atoms. The first-order valence-electron chi connectivity index (χ1n) is 7.56. The molecule has 1 aliphatic heterocycles. The van der Waals surface area contributed by atoms with Crippen LogP contribution in [0.1, 0.15) is 32.0 Å². The predicted molar refractivity (Wildman–Crippen MR) is 76.5 cm³/mol. The van der Waals surface area contributed by atoms with Gasteiger partial charge in [0, 0.05) is 45.8 Å². The molecular formula is C14H26N4O2. The Balaban J connectivity index is 1.81. The Morgan fingerprint density at radius 3 is 2.85 bits per heavy atom. The lowest BCUT2D eigenvalue weighted by Gasteiger charge is -2.40. The van der Waals surface area contributed by atoms with E-state index in [4.69, 9.17) is 9.26 Å². The number of hydrogen-bond donors (Lipinski definition) is 0. The molecule has 0 radical (unpaired) electrons. The Labute approximate surface area is 121 Å². The molecule has 2 heterocycles. The van der Waals surface area contributed by atoms with E-state index in [9.17, 15) is 0 Å². The van der Waals surface area contributed by atoms with Crippen LogP contribution in [0.15, 0.2) is 4.52 Å². The summed E-state index contributed by atoms with van der Waals surface area (Å²) in [5.74, 6) is 1.43. The zero-order valence-corrected chi connectivity index (χ0v) is 12.8. The highest BCUT2D eigenvalue weighted by atomic mass is 16.5. The molecule has 6 heteroatoms. The van der Waals surface area contributed by atoms with Crippen molar-refractivity contribution in [3.63, 3.8) is 0 Å². The largest absolute Gasteiger partial charge is 0.380 e. The normalized spacial score (nSPS) is 21.4. The maximum Gasteiger partial charge on any atom is 0.223 e. The first-order valence-corrected chi connectivity index (χ1v) is 7.56. The second-order valence-corrected chi connectivity index (χ2v) is 5.26. The van der Waals surface area contributed by atoms with Crippen molar-refractivity contribution in [1.29, 1.82) is 0 Å². The van der Waals surface area contributed by atoms with E-state index in [2.05, 4.69) is 26.9 Å². The summed E-state index contributed by atoms with van der Waals surface area (Å²) in [6, 6.07) is 0.595. The van der Waals surface area contributed by atoms with E-state index in [1.807, 2.05) is 13.8 Å². The SMILES string of the molecule is CCOCCN1CCN(Cc2noc(C)n2)C[C@@H]1CC. The number of piperazine rings is 1. The van der Waals surface area contributed by atoms with Crippen LogP contribution in [-0.2, 0) is 11.3 Å². The van der Waals surface area contributed by atoms with E-state index >= 15 is 0 Å². The number of hydrogen-bond acceptors (Lipinski definition) is 6. The van der Waals surface area contributed by atoms with Crippen molar-refractivity contribution in [2.45, 2.75) is 39.8 Å². The molecule has 1 aromatic rings. The van der Waals surface area contributed by atoms with Gasteiger partial charge >= 0.3 is 0 Å². The molecule has 0 N–H and O–H groups in total. The standard InChI is InChI=1S/C14H26N4O2/c1-4-13-10-17(11-14-15-12(3)20-16-14)6-7-18(13)8-9-19-5-2/h13H,4-11H2,1-3H3/t13-/m0/s1. The van der Waals surface area contributed by atoms with Crippen molar-refractivity contribution < 1.29 is 9.26 Å². The highest BCUT2D eigenvalue weighted by Crippen LogP contribution is 2.14. The summed E-state index contributed by atoms with van der Waals surface area (Å²) in [6.07, 6.45) is 1.16. The molecule has 1 aromatic heterocycles. The number of nitrogens with zero attached hydrogens (tertiary/aromatic N) is 4. The van der Waals surface area contributed by atoms with Gasteiger partial charge in [-0.25, -0.2) is 0 Å². The summed E-state index contributed by atoms with van der Waals surface area (Å²) in [6.45, 7) is 12.8. The molecule has 1 atom stereocenters.